The molecule has 0 bridgehead atoms. The van der Waals surface area contributed by atoms with Crippen LogP contribution in [-0.2, 0) is 4.74 Å². The molecule has 4 heteroatoms. The smallest absolute Gasteiger partial charge is 0.119 e. The normalized spacial score (nSPS) is 23.8. The number of hydrogen-bond acceptors (Lipinski definition) is 4. The lowest BCUT2D eigenvalue weighted by Gasteiger charge is -2.19. The molecule has 2 N–H and O–H groups in total. The number of nitrogens with one attached hydrogen (secondary N) is 1. The summed E-state index contributed by atoms with van der Waals surface area (Å²) in [5.41, 5.74) is 2.34. The molecule has 20 heavy (non-hydrogen) atoms. The lowest BCUT2D eigenvalue weighted by atomic mass is 10.1. The monoisotopic (exact) mass is 279 g/mol. The Morgan fingerprint density at radius 3 is 2.65 bits per heavy atom. The molecular formula is C16H25NO3. The summed E-state index contributed by atoms with van der Waals surface area (Å²) in [6.45, 7) is 7.77. The summed E-state index contributed by atoms with van der Waals surface area (Å²) >= 11 is 0. The van der Waals surface area contributed by atoms with E-state index in [0.717, 1.165) is 18.8 Å². The molecule has 0 amide bonds. The van der Waals surface area contributed by atoms with E-state index in [1.54, 1.807) is 0 Å². The highest BCUT2D eigenvalue weighted by Gasteiger charge is 2.24. The Kier molecular flexibility index (Phi) is 5.40. The summed E-state index contributed by atoms with van der Waals surface area (Å²) in [4.78, 5) is 0. The second-order valence-corrected chi connectivity index (χ2v) is 5.67. The van der Waals surface area contributed by atoms with Crippen LogP contribution in [0, 0.1) is 13.8 Å². The third-order valence-electron chi connectivity index (χ3n) is 3.63. The molecule has 0 spiro atoms. The van der Waals surface area contributed by atoms with E-state index in [1.807, 2.05) is 26.0 Å². The van der Waals surface area contributed by atoms with Gasteiger partial charge in [-0.1, -0.05) is 6.07 Å². The molecule has 1 heterocycles. The number of hydrogen-bond donors (Lipinski definition) is 2. The third-order valence-corrected chi connectivity index (χ3v) is 3.63. The van der Waals surface area contributed by atoms with Gasteiger partial charge in [0.05, 0.1) is 6.10 Å². The number of aliphatic hydroxyl groups excluding tert-OH is 1. The van der Waals surface area contributed by atoms with Crippen molar-refractivity contribution in [2.24, 2.45) is 0 Å². The molecule has 0 saturated carbocycles. The van der Waals surface area contributed by atoms with Crippen molar-refractivity contribution >= 4 is 0 Å². The highest BCUT2D eigenvalue weighted by atomic mass is 16.5. The molecule has 1 fully saturated rings. The van der Waals surface area contributed by atoms with Crippen LogP contribution in [0.3, 0.4) is 0 Å². The average Bonchev–Trinajstić information content (AvgIpc) is 2.78. The van der Waals surface area contributed by atoms with Crippen LogP contribution in [0.25, 0.3) is 0 Å². The van der Waals surface area contributed by atoms with Crippen LogP contribution in [0.15, 0.2) is 18.2 Å². The predicted octanol–water partition coefficient (Wildman–Crippen LogP) is 1.81. The van der Waals surface area contributed by atoms with E-state index < -0.39 is 6.10 Å². The number of aryl methyl sites for hydroxylation is 2. The van der Waals surface area contributed by atoms with Crippen molar-refractivity contribution in [3.8, 4) is 5.75 Å². The summed E-state index contributed by atoms with van der Waals surface area (Å²) in [5.74, 6) is 0.819. The van der Waals surface area contributed by atoms with Crippen LogP contribution < -0.4 is 10.1 Å². The van der Waals surface area contributed by atoms with Crippen LogP contribution in [0.1, 0.15) is 24.5 Å². The molecule has 0 aliphatic carbocycles. The van der Waals surface area contributed by atoms with Crippen LogP contribution in [0.4, 0.5) is 0 Å². The maximum Gasteiger partial charge on any atom is 0.119 e. The molecule has 112 valence electrons. The molecule has 4 nitrogen and oxygen atoms in total. The second-order valence-electron chi connectivity index (χ2n) is 5.67. The summed E-state index contributed by atoms with van der Waals surface area (Å²) in [7, 11) is 0. The summed E-state index contributed by atoms with van der Waals surface area (Å²) in [6, 6.07) is 6.41. The molecule has 1 aliphatic heterocycles. The number of ether oxygens (including phenoxy) is 2. The van der Waals surface area contributed by atoms with E-state index in [1.165, 1.54) is 11.1 Å². The Bertz CT molecular complexity index is 415. The highest BCUT2D eigenvalue weighted by molar-refractivity contribution is 5.32. The van der Waals surface area contributed by atoms with Gasteiger partial charge < -0.3 is 19.9 Å². The van der Waals surface area contributed by atoms with Crippen molar-refractivity contribution in [3.05, 3.63) is 29.3 Å². The van der Waals surface area contributed by atoms with E-state index in [0.29, 0.717) is 19.2 Å². The number of aliphatic hydroxyl groups is 1. The van der Waals surface area contributed by atoms with Gasteiger partial charge in [0.2, 0.25) is 0 Å². The Morgan fingerprint density at radius 2 is 2.05 bits per heavy atom. The zero-order chi connectivity index (χ0) is 14.5. The van der Waals surface area contributed by atoms with Crippen molar-refractivity contribution in [1.29, 1.82) is 0 Å². The minimum absolute atomic E-state index is 0.225. The van der Waals surface area contributed by atoms with Crippen molar-refractivity contribution < 1.29 is 14.6 Å². The average molecular weight is 279 g/mol. The fourth-order valence-corrected chi connectivity index (χ4v) is 2.55. The topological polar surface area (TPSA) is 50.7 Å². The first kappa shape index (κ1) is 15.3. The Balaban J connectivity index is 1.73. The van der Waals surface area contributed by atoms with Crippen LogP contribution in [0.5, 0.6) is 5.75 Å². The summed E-state index contributed by atoms with van der Waals surface area (Å²) < 4.78 is 11.1. The molecule has 0 aromatic heterocycles. The van der Waals surface area contributed by atoms with Crippen molar-refractivity contribution in [1.82, 2.24) is 5.32 Å². The molecule has 1 aromatic carbocycles. The van der Waals surface area contributed by atoms with Gasteiger partial charge in [0, 0.05) is 19.2 Å². The molecule has 1 aromatic rings. The Morgan fingerprint density at radius 1 is 1.35 bits per heavy atom. The summed E-state index contributed by atoms with van der Waals surface area (Å²) in [5, 5.41) is 13.3. The van der Waals surface area contributed by atoms with Gasteiger partial charge in [-0.15, -0.1) is 0 Å². The summed E-state index contributed by atoms with van der Waals surface area (Å²) in [6.07, 6.45) is 0.720. The minimum Gasteiger partial charge on any atom is -0.491 e. The minimum atomic E-state index is -0.511. The fraction of sp³-hybridized carbons (Fsp3) is 0.625. The Labute approximate surface area is 121 Å². The van der Waals surface area contributed by atoms with E-state index in [-0.39, 0.29) is 6.10 Å². The first-order valence-corrected chi connectivity index (χ1v) is 7.29. The van der Waals surface area contributed by atoms with Crippen molar-refractivity contribution in [2.45, 2.75) is 45.4 Å². The third kappa shape index (κ3) is 4.47. The van der Waals surface area contributed by atoms with E-state index in [4.69, 9.17) is 9.47 Å². The van der Waals surface area contributed by atoms with Gasteiger partial charge in [0.25, 0.3) is 0 Å². The maximum atomic E-state index is 9.97. The van der Waals surface area contributed by atoms with Crippen LogP contribution >= 0.6 is 0 Å². The van der Waals surface area contributed by atoms with Crippen molar-refractivity contribution in [3.63, 3.8) is 0 Å². The van der Waals surface area contributed by atoms with Gasteiger partial charge in [-0.05, 0) is 50.5 Å². The molecule has 1 saturated heterocycles. The van der Waals surface area contributed by atoms with Gasteiger partial charge in [0.1, 0.15) is 18.5 Å². The number of benzene rings is 1. The molecule has 1 aliphatic rings. The largest absolute Gasteiger partial charge is 0.491 e. The highest BCUT2D eigenvalue weighted by Crippen LogP contribution is 2.16. The van der Waals surface area contributed by atoms with Gasteiger partial charge in [-0.3, -0.25) is 0 Å². The zero-order valence-electron chi connectivity index (χ0n) is 12.6. The Hall–Kier alpha value is -1.10. The second kappa shape index (κ2) is 7.07. The maximum absolute atomic E-state index is 9.97. The standard InChI is InChI=1S/C16H25NO3/c1-11-6-12(2)8-15(7-11)20-10-14(18)9-17-16-4-5-19-13(16)3/h6-8,13-14,16-18H,4-5,9-10H2,1-3H3. The first-order chi connectivity index (χ1) is 9.54. The lowest BCUT2D eigenvalue weighted by Crippen LogP contribution is -2.41. The van der Waals surface area contributed by atoms with Gasteiger partial charge in [0.15, 0.2) is 0 Å². The lowest BCUT2D eigenvalue weighted by molar-refractivity contribution is 0.0896. The van der Waals surface area contributed by atoms with E-state index in [2.05, 4.69) is 18.3 Å². The van der Waals surface area contributed by atoms with E-state index >= 15 is 0 Å². The molecule has 2 rings (SSSR count). The molecule has 3 unspecified atom stereocenters. The number of rotatable bonds is 6. The van der Waals surface area contributed by atoms with Gasteiger partial charge in [-0.25, -0.2) is 0 Å². The van der Waals surface area contributed by atoms with Crippen molar-refractivity contribution in [2.75, 3.05) is 19.8 Å². The SMILES string of the molecule is Cc1cc(C)cc(OCC(O)CNC2CCOC2C)c1. The quantitative estimate of drug-likeness (QED) is 0.834. The zero-order valence-corrected chi connectivity index (χ0v) is 12.6. The molecular weight excluding hydrogens is 254 g/mol. The first-order valence-electron chi connectivity index (χ1n) is 7.29. The van der Waals surface area contributed by atoms with Gasteiger partial charge >= 0.3 is 0 Å². The fourth-order valence-electron chi connectivity index (χ4n) is 2.55. The van der Waals surface area contributed by atoms with Crippen LogP contribution in [-0.4, -0.2) is 43.1 Å². The van der Waals surface area contributed by atoms with E-state index in [9.17, 15) is 5.11 Å². The predicted molar refractivity (Wildman–Crippen MR) is 79.2 cm³/mol. The van der Waals surface area contributed by atoms with Gasteiger partial charge in [-0.2, -0.15) is 0 Å². The molecule has 0 radical (unpaired) electrons. The molecule has 3 atom stereocenters. The van der Waals surface area contributed by atoms with Crippen LogP contribution in [0.2, 0.25) is 0 Å².